The highest BCUT2D eigenvalue weighted by Crippen LogP contribution is 2.32. The van der Waals surface area contributed by atoms with Gasteiger partial charge in [0.1, 0.15) is 18.0 Å². The highest BCUT2D eigenvalue weighted by atomic mass is 35.5. The molecule has 9 heteroatoms. The van der Waals surface area contributed by atoms with Crippen molar-refractivity contribution >= 4 is 34.8 Å². The van der Waals surface area contributed by atoms with Gasteiger partial charge in [0, 0.05) is 17.7 Å². The number of amides is 1. The summed E-state index contributed by atoms with van der Waals surface area (Å²) in [6.45, 7) is -0.298. The Hall–Kier alpha value is -3.03. The third-order valence-corrected chi connectivity index (χ3v) is 4.89. The number of carbonyl (C=O) groups is 1. The summed E-state index contributed by atoms with van der Waals surface area (Å²) in [5.74, 6) is 0.677. The summed E-state index contributed by atoms with van der Waals surface area (Å²) in [7, 11) is 3.08. The van der Waals surface area contributed by atoms with Crippen LogP contribution in [-0.2, 0) is 11.3 Å². The van der Waals surface area contributed by atoms with Crippen LogP contribution in [0.4, 0.5) is 5.69 Å². The van der Waals surface area contributed by atoms with Crippen molar-refractivity contribution in [3.8, 4) is 22.8 Å². The molecule has 0 saturated carbocycles. The van der Waals surface area contributed by atoms with Gasteiger partial charge in [-0.25, -0.2) is 4.68 Å². The van der Waals surface area contributed by atoms with Crippen molar-refractivity contribution in [1.82, 2.24) is 9.78 Å². The number of rotatable bonds is 6. The molecule has 150 valence electrons. The minimum absolute atomic E-state index is 0.222. The zero-order chi connectivity index (χ0) is 21.0. The van der Waals surface area contributed by atoms with Crippen LogP contribution in [0.15, 0.2) is 53.3 Å². The van der Waals surface area contributed by atoms with Gasteiger partial charge >= 0.3 is 0 Å². The number of methoxy groups -OCH3 is 2. The topological polar surface area (TPSA) is 82.5 Å². The van der Waals surface area contributed by atoms with E-state index >= 15 is 0 Å². The summed E-state index contributed by atoms with van der Waals surface area (Å²) in [6.07, 6.45) is 0. The van der Waals surface area contributed by atoms with Gasteiger partial charge in [-0.2, -0.15) is 5.10 Å². The lowest BCUT2D eigenvalue weighted by molar-refractivity contribution is -0.117. The molecule has 0 unspecified atom stereocenters. The van der Waals surface area contributed by atoms with E-state index in [0.29, 0.717) is 33.5 Å². The minimum Gasteiger partial charge on any atom is -0.497 e. The Morgan fingerprint density at radius 3 is 2.62 bits per heavy atom. The molecule has 29 heavy (non-hydrogen) atoms. The number of hydrogen-bond acceptors (Lipinski definition) is 5. The fourth-order valence-corrected chi connectivity index (χ4v) is 2.99. The van der Waals surface area contributed by atoms with Crippen LogP contribution in [0.25, 0.3) is 11.3 Å². The second-order valence-electron chi connectivity index (χ2n) is 5.93. The largest absolute Gasteiger partial charge is 0.497 e. The van der Waals surface area contributed by atoms with Crippen molar-refractivity contribution in [3.63, 3.8) is 0 Å². The number of anilines is 1. The zero-order valence-corrected chi connectivity index (χ0v) is 17.1. The van der Waals surface area contributed by atoms with E-state index in [1.165, 1.54) is 13.2 Å². The van der Waals surface area contributed by atoms with Gasteiger partial charge in [0.2, 0.25) is 5.91 Å². The lowest BCUT2D eigenvalue weighted by Crippen LogP contribution is -2.29. The van der Waals surface area contributed by atoms with E-state index in [1.807, 2.05) is 0 Å². The second kappa shape index (κ2) is 8.98. The lowest BCUT2D eigenvalue weighted by Gasteiger charge is -2.12. The second-order valence-corrected chi connectivity index (χ2v) is 6.72. The standard InChI is InChI=1S/C20H17Cl2N3O4/c1-28-12-6-7-13(17(10-12)29-2)15-8-9-19(27)25(24-15)11-18(26)23-16-5-3-4-14(21)20(16)22/h3-10H,11H2,1-2H3,(H,23,26). The molecule has 0 atom stereocenters. The lowest BCUT2D eigenvalue weighted by atomic mass is 10.1. The van der Waals surface area contributed by atoms with Gasteiger partial charge in [0.15, 0.2) is 0 Å². The first-order valence-corrected chi connectivity index (χ1v) is 9.23. The molecule has 0 spiro atoms. The highest BCUT2D eigenvalue weighted by molar-refractivity contribution is 6.43. The Bertz CT molecular complexity index is 1120. The van der Waals surface area contributed by atoms with Gasteiger partial charge in [-0.05, 0) is 30.3 Å². The number of benzene rings is 2. The van der Waals surface area contributed by atoms with Crippen LogP contribution in [0, 0.1) is 0 Å². The number of hydrogen-bond donors (Lipinski definition) is 1. The molecule has 0 saturated heterocycles. The van der Waals surface area contributed by atoms with Crippen LogP contribution in [0.5, 0.6) is 11.5 Å². The first kappa shape index (κ1) is 20.7. The quantitative estimate of drug-likeness (QED) is 0.637. The summed E-state index contributed by atoms with van der Waals surface area (Å²) < 4.78 is 11.6. The van der Waals surface area contributed by atoms with Gasteiger partial charge in [-0.15, -0.1) is 0 Å². The molecule has 0 aliphatic heterocycles. The SMILES string of the molecule is COc1ccc(-c2ccc(=O)n(CC(=O)Nc3cccc(Cl)c3Cl)n2)c(OC)c1. The van der Waals surface area contributed by atoms with Crippen LogP contribution in [-0.4, -0.2) is 29.9 Å². The van der Waals surface area contributed by atoms with Crippen molar-refractivity contribution in [2.75, 3.05) is 19.5 Å². The molecule has 0 radical (unpaired) electrons. The summed E-state index contributed by atoms with van der Waals surface area (Å²) in [6, 6.07) is 13.0. The van der Waals surface area contributed by atoms with Crippen molar-refractivity contribution in [1.29, 1.82) is 0 Å². The molecule has 3 aromatic rings. The fourth-order valence-electron chi connectivity index (χ4n) is 2.64. The number of nitrogens with zero attached hydrogens (tertiary/aromatic N) is 2. The van der Waals surface area contributed by atoms with Crippen molar-refractivity contribution < 1.29 is 14.3 Å². The van der Waals surface area contributed by atoms with Crippen molar-refractivity contribution in [2.45, 2.75) is 6.54 Å². The Morgan fingerprint density at radius 2 is 1.90 bits per heavy atom. The molecule has 7 nitrogen and oxygen atoms in total. The average molecular weight is 434 g/mol. The van der Waals surface area contributed by atoms with Crippen molar-refractivity contribution in [3.05, 3.63) is 68.9 Å². The maximum atomic E-state index is 12.4. The minimum atomic E-state index is -0.470. The van der Waals surface area contributed by atoms with E-state index < -0.39 is 11.5 Å². The van der Waals surface area contributed by atoms with Gasteiger partial charge in [0.25, 0.3) is 5.56 Å². The molecule has 1 heterocycles. The van der Waals surface area contributed by atoms with Gasteiger partial charge in [-0.1, -0.05) is 29.3 Å². The smallest absolute Gasteiger partial charge is 0.267 e. The molecule has 1 amide bonds. The van der Waals surface area contributed by atoms with E-state index in [-0.39, 0.29) is 11.6 Å². The molecule has 1 aromatic heterocycles. The molecule has 0 aliphatic carbocycles. The maximum absolute atomic E-state index is 12.4. The van der Waals surface area contributed by atoms with Crippen LogP contribution < -0.4 is 20.3 Å². The van der Waals surface area contributed by atoms with E-state index in [1.54, 1.807) is 49.6 Å². The first-order chi connectivity index (χ1) is 13.9. The number of carbonyl (C=O) groups excluding carboxylic acids is 1. The zero-order valence-electron chi connectivity index (χ0n) is 15.6. The highest BCUT2D eigenvalue weighted by Gasteiger charge is 2.13. The molecule has 3 rings (SSSR count). The number of nitrogens with one attached hydrogen (secondary N) is 1. The predicted octanol–water partition coefficient (Wildman–Crippen LogP) is 3.87. The average Bonchev–Trinajstić information content (AvgIpc) is 2.72. The Labute approximate surface area is 176 Å². The van der Waals surface area contributed by atoms with E-state index in [9.17, 15) is 9.59 Å². The van der Waals surface area contributed by atoms with Crippen molar-refractivity contribution in [2.24, 2.45) is 0 Å². The molecule has 0 aliphatic rings. The maximum Gasteiger partial charge on any atom is 0.267 e. The monoisotopic (exact) mass is 433 g/mol. The third kappa shape index (κ3) is 4.70. The summed E-state index contributed by atoms with van der Waals surface area (Å²) >= 11 is 12.0. The first-order valence-electron chi connectivity index (χ1n) is 8.47. The molecule has 0 fully saturated rings. The molecular weight excluding hydrogens is 417 g/mol. The van der Waals surface area contributed by atoms with Gasteiger partial charge in [0.05, 0.1) is 35.6 Å². The Kier molecular flexibility index (Phi) is 6.41. The summed E-state index contributed by atoms with van der Waals surface area (Å²) in [5, 5.41) is 7.45. The molecular formula is C20H17Cl2N3O4. The van der Waals surface area contributed by atoms with Crippen LogP contribution in [0.3, 0.4) is 0 Å². The molecule has 1 N–H and O–H groups in total. The summed E-state index contributed by atoms with van der Waals surface area (Å²) in [5.41, 5.74) is 1.05. The van der Waals surface area contributed by atoms with Crippen LogP contribution >= 0.6 is 23.2 Å². The normalized spacial score (nSPS) is 10.5. The van der Waals surface area contributed by atoms with Crippen LogP contribution in [0.1, 0.15) is 0 Å². The fraction of sp³-hybridized carbons (Fsp3) is 0.150. The number of ether oxygens (including phenoxy) is 2. The Morgan fingerprint density at radius 1 is 1.10 bits per heavy atom. The molecule has 2 aromatic carbocycles. The van der Waals surface area contributed by atoms with Crippen LogP contribution in [0.2, 0.25) is 10.0 Å². The summed E-state index contributed by atoms with van der Waals surface area (Å²) in [4.78, 5) is 24.6. The van der Waals surface area contributed by atoms with E-state index in [4.69, 9.17) is 32.7 Å². The number of aromatic nitrogens is 2. The van der Waals surface area contributed by atoms with Gasteiger partial charge < -0.3 is 14.8 Å². The molecule has 0 bridgehead atoms. The van der Waals surface area contributed by atoms with E-state index in [2.05, 4.69) is 10.4 Å². The number of halogens is 2. The Balaban J connectivity index is 1.87. The van der Waals surface area contributed by atoms with Gasteiger partial charge in [-0.3, -0.25) is 9.59 Å². The van der Waals surface area contributed by atoms with E-state index in [0.717, 1.165) is 4.68 Å². The predicted molar refractivity (Wildman–Crippen MR) is 112 cm³/mol. The third-order valence-electron chi connectivity index (χ3n) is 4.07.